The van der Waals surface area contributed by atoms with Crippen LogP contribution in [0.25, 0.3) is 0 Å². The van der Waals surface area contributed by atoms with Gasteiger partial charge in [-0.25, -0.2) is 0 Å². The van der Waals surface area contributed by atoms with E-state index in [0.29, 0.717) is 6.04 Å². The highest BCUT2D eigenvalue weighted by Gasteiger charge is 2.23. The largest absolute Gasteiger partial charge is 0.497 e. The van der Waals surface area contributed by atoms with Crippen molar-refractivity contribution in [2.75, 3.05) is 14.2 Å². The Balaban J connectivity index is 1.90. The van der Waals surface area contributed by atoms with Crippen molar-refractivity contribution in [3.8, 4) is 11.8 Å². The van der Waals surface area contributed by atoms with Crippen LogP contribution < -0.4 is 4.74 Å². The second kappa shape index (κ2) is 6.58. The second-order valence-corrected chi connectivity index (χ2v) is 5.40. The van der Waals surface area contributed by atoms with Gasteiger partial charge in [-0.15, -0.1) is 0 Å². The molecule has 1 aliphatic rings. The van der Waals surface area contributed by atoms with Crippen LogP contribution in [0.15, 0.2) is 24.3 Å². The van der Waals surface area contributed by atoms with Crippen LogP contribution in [0.3, 0.4) is 0 Å². The molecule has 1 aromatic rings. The van der Waals surface area contributed by atoms with Crippen LogP contribution in [0.4, 0.5) is 0 Å². The van der Waals surface area contributed by atoms with Crippen LogP contribution in [0, 0.1) is 17.2 Å². The lowest BCUT2D eigenvalue weighted by Gasteiger charge is -2.32. The summed E-state index contributed by atoms with van der Waals surface area (Å²) in [5, 5.41) is 8.93. The van der Waals surface area contributed by atoms with Gasteiger partial charge in [0.2, 0.25) is 0 Å². The monoisotopic (exact) mass is 258 g/mol. The fourth-order valence-corrected chi connectivity index (χ4v) is 2.83. The topological polar surface area (TPSA) is 36.3 Å². The summed E-state index contributed by atoms with van der Waals surface area (Å²) in [7, 11) is 3.88. The third kappa shape index (κ3) is 3.71. The molecule has 0 aromatic heterocycles. The van der Waals surface area contributed by atoms with Crippen molar-refractivity contribution in [2.24, 2.45) is 5.92 Å². The predicted molar refractivity (Wildman–Crippen MR) is 75.8 cm³/mol. The minimum atomic E-state index is 0.279. The van der Waals surface area contributed by atoms with Gasteiger partial charge in [0.25, 0.3) is 0 Å². The van der Waals surface area contributed by atoms with Crippen molar-refractivity contribution in [1.29, 1.82) is 5.26 Å². The van der Waals surface area contributed by atoms with Gasteiger partial charge in [0.1, 0.15) is 5.75 Å². The van der Waals surface area contributed by atoms with E-state index >= 15 is 0 Å². The van der Waals surface area contributed by atoms with E-state index in [1.165, 1.54) is 5.56 Å². The predicted octanol–water partition coefficient (Wildman–Crippen LogP) is 3.21. The summed E-state index contributed by atoms with van der Waals surface area (Å²) in [6.45, 7) is 0.944. The second-order valence-electron chi connectivity index (χ2n) is 5.40. The van der Waals surface area contributed by atoms with Crippen molar-refractivity contribution in [2.45, 2.75) is 38.3 Å². The summed E-state index contributed by atoms with van der Waals surface area (Å²) >= 11 is 0. The van der Waals surface area contributed by atoms with Crippen molar-refractivity contribution in [3.63, 3.8) is 0 Å². The van der Waals surface area contributed by atoms with Crippen molar-refractivity contribution >= 4 is 0 Å². The summed E-state index contributed by atoms with van der Waals surface area (Å²) < 4.78 is 5.26. The molecule has 0 bridgehead atoms. The van der Waals surface area contributed by atoms with Crippen LogP contribution in [-0.2, 0) is 6.54 Å². The average Bonchev–Trinajstić information content (AvgIpc) is 2.47. The zero-order valence-electron chi connectivity index (χ0n) is 11.8. The molecule has 0 radical (unpaired) electrons. The minimum absolute atomic E-state index is 0.279. The quantitative estimate of drug-likeness (QED) is 0.832. The highest BCUT2D eigenvalue weighted by molar-refractivity contribution is 5.28. The standard InChI is InChI=1S/C16H22N2O/c1-18(15-8-6-13(11-17)7-9-15)12-14-4-3-5-16(10-14)19-2/h3-5,10,13,15H,6-9,12H2,1-2H3. The third-order valence-electron chi connectivity index (χ3n) is 4.07. The molecule has 0 spiro atoms. The van der Waals surface area contributed by atoms with Crippen LogP contribution >= 0.6 is 0 Å². The molecule has 0 unspecified atom stereocenters. The SMILES string of the molecule is COc1cccc(CN(C)C2CCC(C#N)CC2)c1. The molecule has 0 N–H and O–H groups in total. The van der Waals surface area contributed by atoms with E-state index < -0.39 is 0 Å². The van der Waals surface area contributed by atoms with Crippen LogP contribution in [-0.4, -0.2) is 25.1 Å². The molecule has 2 rings (SSSR count). The normalized spacial score (nSPS) is 23.1. The molecule has 0 aliphatic heterocycles. The van der Waals surface area contributed by atoms with Gasteiger partial charge in [-0.1, -0.05) is 12.1 Å². The lowest BCUT2D eigenvalue weighted by atomic mass is 9.86. The Bertz CT molecular complexity index is 444. The van der Waals surface area contributed by atoms with Gasteiger partial charge >= 0.3 is 0 Å². The van der Waals surface area contributed by atoms with Crippen molar-refractivity contribution < 1.29 is 4.74 Å². The fraction of sp³-hybridized carbons (Fsp3) is 0.562. The zero-order valence-corrected chi connectivity index (χ0v) is 11.8. The molecule has 102 valence electrons. The van der Waals surface area contributed by atoms with Gasteiger partial charge in [0.15, 0.2) is 0 Å². The lowest BCUT2D eigenvalue weighted by Crippen LogP contribution is -2.34. The van der Waals surface area contributed by atoms with Crippen molar-refractivity contribution in [1.82, 2.24) is 4.90 Å². The highest BCUT2D eigenvalue weighted by atomic mass is 16.5. The maximum atomic E-state index is 8.93. The molecule has 1 saturated carbocycles. The Morgan fingerprint density at radius 3 is 2.68 bits per heavy atom. The van der Waals surface area contributed by atoms with E-state index in [2.05, 4.69) is 30.1 Å². The number of rotatable bonds is 4. The van der Waals surface area contributed by atoms with Gasteiger partial charge in [-0.2, -0.15) is 5.26 Å². The number of benzene rings is 1. The average molecular weight is 258 g/mol. The first-order valence-electron chi connectivity index (χ1n) is 6.95. The Morgan fingerprint density at radius 2 is 2.05 bits per heavy atom. The maximum Gasteiger partial charge on any atom is 0.119 e. The summed E-state index contributed by atoms with van der Waals surface area (Å²) in [6, 6.07) is 11.2. The highest BCUT2D eigenvalue weighted by Crippen LogP contribution is 2.27. The summed E-state index contributed by atoms with van der Waals surface area (Å²) in [6.07, 6.45) is 4.37. The molecule has 0 saturated heterocycles. The molecule has 1 aromatic carbocycles. The summed E-state index contributed by atoms with van der Waals surface area (Å²) in [5.41, 5.74) is 1.28. The number of hydrogen-bond acceptors (Lipinski definition) is 3. The Morgan fingerprint density at radius 1 is 1.32 bits per heavy atom. The van der Waals surface area contributed by atoms with Gasteiger partial charge in [-0.3, -0.25) is 4.90 Å². The molecule has 19 heavy (non-hydrogen) atoms. The molecule has 0 atom stereocenters. The van der Waals surface area contributed by atoms with E-state index in [1.807, 2.05) is 12.1 Å². The first-order valence-corrected chi connectivity index (χ1v) is 6.95. The Kier molecular flexibility index (Phi) is 4.81. The Labute approximate surface area is 115 Å². The van der Waals surface area contributed by atoms with Gasteiger partial charge in [0, 0.05) is 18.5 Å². The molecular weight excluding hydrogens is 236 g/mol. The van der Waals surface area contributed by atoms with Gasteiger partial charge in [0.05, 0.1) is 13.2 Å². The molecular formula is C16H22N2O. The Hall–Kier alpha value is -1.53. The zero-order chi connectivity index (χ0) is 13.7. The smallest absolute Gasteiger partial charge is 0.119 e. The van der Waals surface area contributed by atoms with E-state index in [0.717, 1.165) is 38.0 Å². The third-order valence-corrected chi connectivity index (χ3v) is 4.07. The van der Waals surface area contributed by atoms with E-state index in [-0.39, 0.29) is 5.92 Å². The first-order chi connectivity index (χ1) is 9.22. The van der Waals surface area contributed by atoms with Gasteiger partial charge < -0.3 is 4.74 Å². The van der Waals surface area contributed by atoms with Crippen LogP contribution in [0.2, 0.25) is 0 Å². The van der Waals surface area contributed by atoms with Gasteiger partial charge in [-0.05, 0) is 50.4 Å². The summed E-state index contributed by atoms with van der Waals surface area (Å²) in [4.78, 5) is 2.41. The number of methoxy groups -OCH3 is 1. The number of nitrogens with zero attached hydrogens (tertiary/aromatic N) is 2. The molecule has 3 heteroatoms. The van der Waals surface area contributed by atoms with Crippen LogP contribution in [0.1, 0.15) is 31.2 Å². The van der Waals surface area contributed by atoms with Crippen LogP contribution in [0.5, 0.6) is 5.75 Å². The van der Waals surface area contributed by atoms with E-state index in [1.54, 1.807) is 7.11 Å². The number of ether oxygens (including phenoxy) is 1. The van der Waals surface area contributed by atoms with E-state index in [9.17, 15) is 0 Å². The number of hydrogen-bond donors (Lipinski definition) is 0. The maximum absolute atomic E-state index is 8.93. The van der Waals surface area contributed by atoms with E-state index in [4.69, 9.17) is 10.00 Å². The minimum Gasteiger partial charge on any atom is -0.497 e. The first kappa shape index (κ1) is 13.9. The molecule has 3 nitrogen and oxygen atoms in total. The number of nitriles is 1. The lowest BCUT2D eigenvalue weighted by molar-refractivity contribution is 0.171. The molecule has 0 amide bonds. The molecule has 1 fully saturated rings. The fourth-order valence-electron chi connectivity index (χ4n) is 2.83. The van der Waals surface area contributed by atoms with Crippen molar-refractivity contribution in [3.05, 3.63) is 29.8 Å². The molecule has 0 heterocycles. The molecule has 1 aliphatic carbocycles. The summed E-state index contributed by atoms with van der Waals surface area (Å²) in [5.74, 6) is 1.19.